The van der Waals surface area contributed by atoms with Gasteiger partial charge in [0.25, 0.3) is 17.7 Å². The number of rotatable bonds is 12. The van der Waals surface area contributed by atoms with Crippen LogP contribution in [0.25, 0.3) is 5.70 Å². The first-order valence-electron chi connectivity index (χ1n) is 16.9. The fraction of sp³-hybridized carbons (Fsp3) is 0.469. The quantitative estimate of drug-likeness (QED) is 0.0511. The Hall–Kier alpha value is -4.99. The highest BCUT2D eigenvalue weighted by Crippen LogP contribution is 2.50. The zero-order valence-corrected chi connectivity index (χ0v) is 31.3. The number of oxime groups is 1. The Balaban J connectivity index is 1.12. The van der Waals surface area contributed by atoms with Crippen LogP contribution < -0.4 is 26.6 Å². The summed E-state index contributed by atoms with van der Waals surface area (Å²) in [5, 5.41) is 55.9. The predicted molar refractivity (Wildman–Crippen MR) is 191 cm³/mol. The fourth-order valence-electron chi connectivity index (χ4n) is 7.77. The Kier molecular flexibility index (Phi) is 9.69. The van der Waals surface area contributed by atoms with E-state index in [9.17, 15) is 34.5 Å². The number of carboxylic acids is 1. The zero-order chi connectivity index (χ0) is 38.6. The second kappa shape index (κ2) is 14.0. The molecule has 0 aliphatic carbocycles. The van der Waals surface area contributed by atoms with Gasteiger partial charge in [0.1, 0.15) is 23.5 Å². The lowest BCUT2D eigenvalue weighted by atomic mass is 9.91. The molecule has 0 unspecified atom stereocenters. The average Bonchev–Trinajstić information content (AvgIpc) is 3.94. The summed E-state index contributed by atoms with van der Waals surface area (Å²) in [6, 6.07) is 1.58. The maximum Gasteiger partial charge on any atom is 0.275 e. The molecule has 286 valence electrons. The van der Waals surface area contributed by atoms with Crippen molar-refractivity contribution < 1.29 is 43.8 Å². The van der Waals surface area contributed by atoms with Crippen molar-refractivity contribution in [2.45, 2.75) is 62.1 Å². The number of aromatic hydroxyl groups is 2. The van der Waals surface area contributed by atoms with Gasteiger partial charge in [-0.2, -0.15) is 5.21 Å². The number of aliphatic carboxylic acids is 1. The number of β-lactam (4-membered cyclic amide) rings is 1. The van der Waals surface area contributed by atoms with E-state index in [2.05, 4.69) is 41.4 Å². The number of nitrogens with one attached hydrogen (secondary N) is 2. The third-order valence-corrected chi connectivity index (χ3v) is 13.1. The minimum Gasteiger partial charge on any atom is -0.546 e. The van der Waals surface area contributed by atoms with Crippen LogP contribution in [0.4, 0.5) is 5.13 Å². The Morgan fingerprint density at radius 2 is 2.00 bits per heavy atom. The van der Waals surface area contributed by atoms with Crippen LogP contribution in [0.15, 0.2) is 29.1 Å². The minimum atomic E-state index is -1.87. The third kappa shape index (κ3) is 6.37. The van der Waals surface area contributed by atoms with Crippen molar-refractivity contribution in [3.8, 4) is 11.5 Å². The number of anilines is 1. The van der Waals surface area contributed by atoms with E-state index in [1.165, 1.54) is 48.8 Å². The normalized spacial score (nSPS) is 25.2. The van der Waals surface area contributed by atoms with Gasteiger partial charge in [-0.3, -0.25) is 29.6 Å². The molecular formula is C32H35ClN11O8S2-. The van der Waals surface area contributed by atoms with Crippen LogP contribution >= 0.6 is 34.7 Å². The number of halogens is 1. The molecular weight excluding hydrogens is 766 g/mol. The molecule has 1 aromatic carbocycles. The van der Waals surface area contributed by atoms with E-state index in [0.717, 1.165) is 55.7 Å². The molecule has 22 heteroatoms. The van der Waals surface area contributed by atoms with E-state index in [4.69, 9.17) is 22.2 Å². The molecule has 0 radical (unpaired) electrons. The maximum absolute atomic E-state index is 13.9. The second-order valence-electron chi connectivity index (χ2n) is 14.1. The number of amides is 3. The van der Waals surface area contributed by atoms with Gasteiger partial charge < -0.3 is 50.9 Å². The summed E-state index contributed by atoms with van der Waals surface area (Å²) in [5.74, 6) is -3.62. The number of phenolic OH excluding ortho intramolecular Hbond substituents is 2. The molecule has 6 heterocycles. The molecule has 3 fully saturated rings. The predicted octanol–water partition coefficient (Wildman–Crippen LogP) is -0.434. The largest absolute Gasteiger partial charge is 0.546 e. The van der Waals surface area contributed by atoms with E-state index < -0.39 is 52.2 Å². The van der Waals surface area contributed by atoms with Crippen molar-refractivity contribution in [2.24, 2.45) is 5.16 Å². The zero-order valence-electron chi connectivity index (χ0n) is 28.9. The molecule has 4 aliphatic rings. The lowest BCUT2D eigenvalue weighted by Crippen LogP contribution is -2.70. The van der Waals surface area contributed by atoms with Crippen LogP contribution in [-0.2, 0) is 19.2 Å². The molecule has 0 bridgehead atoms. The highest BCUT2D eigenvalue weighted by molar-refractivity contribution is 8.00. The number of phenols is 2. The van der Waals surface area contributed by atoms with Crippen LogP contribution in [0.2, 0.25) is 5.02 Å². The number of carbonyl (C=O) groups is 4. The van der Waals surface area contributed by atoms with Crippen LogP contribution in [0, 0.1) is 0 Å². The summed E-state index contributed by atoms with van der Waals surface area (Å²) < 4.78 is 0.662. The first-order chi connectivity index (χ1) is 25.7. The molecule has 19 nitrogen and oxygen atoms in total. The highest BCUT2D eigenvalue weighted by Gasteiger charge is 2.60. The summed E-state index contributed by atoms with van der Waals surface area (Å²) in [6.45, 7) is 4.99. The van der Waals surface area contributed by atoms with Gasteiger partial charge >= 0.3 is 0 Å². The van der Waals surface area contributed by atoms with Gasteiger partial charge in [0, 0.05) is 43.2 Å². The summed E-state index contributed by atoms with van der Waals surface area (Å²) in [7, 11) is 0. The minimum absolute atomic E-state index is 0.0481. The van der Waals surface area contributed by atoms with Gasteiger partial charge in [0.05, 0.1) is 52.6 Å². The number of thioether (sulfide) groups is 1. The molecule has 7 rings (SSSR count). The van der Waals surface area contributed by atoms with Crippen molar-refractivity contribution in [3.63, 3.8) is 0 Å². The number of thiazole rings is 1. The molecule has 2 aromatic heterocycles. The van der Waals surface area contributed by atoms with Crippen LogP contribution in [0.3, 0.4) is 0 Å². The monoisotopic (exact) mass is 800 g/mol. The van der Waals surface area contributed by atoms with Gasteiger partial charge in [0.2, 0.25) is 0 Å². The molecule has 0 spiro atoms. The van der Waals surface area contributed by atoms with Gasteiger partial charge in [-0.05, 0) is 26.0 Å². The standard InChI is InChI=1S/C32H36ClN11O8S2/c1-31(2,29(50)51)52-40-20(18-11-35-30(34)54-18)26(48)37-21-27(49)43-22(24-38-41-42-39-24)15(13-53-28(21)43)12-44-9-3-7-32(44,8-4-10-44)14-36-25(47)16-5-6-17(45)23(46)19(16)33/h5-6,11,21,28H,3-4,7-10,12-14H2,1-2H3,(H7-,34,35,36,37,38,39,40,41,42,45,46,47,48,50,51)/p-1/t21-,28-,32?,44?/m1/s1. The Morgan fingerprint density at radius 1 is 1.26 bits per heavy atom. The number of nitrogens with two attached hydrogens (primary N) is 1. The molecule has 54 heavy (non-hydrogen) atoms. The van der Waals surface area contributed by atoms with E-state index in [0.29, 0.717) is 29.0 Å². The summed E-state index contributed by atoms with van der Waals surface area (Å²) >= 11 is 8.57. The highest BCUT2D eigenvalue weighted by atomic mass is 35.5. The number of benzene rings is 1. The molecule has 3 amide bonds. The number of aromatic nitrogens is 5. The molecule has 3 aromatic rings. The van der Waals surface area contributed by atoms with E-state index in [-0.39, 0.29) is 37.7 Å². The number of carbonyl (C=O) groups excluding carboxylic acids is 4. The number of carboxylic acid groups (broad SMARTS) is 1. The Labute approximate surface area is 320 Å². The third-order valence-electron chi connectivity index (χ3n) is 10.6. The Bertz CT molecular complexity index is 2080. The molecule has 0 saturated carbocycles. The summed E-state index contributed by atoms with van der Waals surface area (Å²) in [4.78, 5) is 63.2. The average molecular weight is 801 g/mol. The number of nitrogens with zero attached hydrogens (tertiary/aromatic N) is 8. The number of tetrazole rings is 1. The van der Waals surface area contributed by atoms with Crippen LogP contribution in [0.5, 0.6) is 11.5 Å². The van der Waals surface area contributed by atoms with Crippen LogP contribution in [-0.4, -0.2) is 124 Å². The van der Waals surface area contributed by atoms with Gasteiger partial charge in [-0.15, -0.1) is 11.8 Å². The lowest BCUT2D eigenvalue weighted by Gasteiger charge is -2.52. The first-order valence-corrected chi connectivity index (χ1v) is 19.1. The van der Waals surface area contributed by atoms with Gasteiger partial charge in [0.15, 0.2) is 27.9 Å². The molecule has 4 aliphatic heterocycles. The SMILES string of the molecule is CC(C)(O/N=C(\C(=O)N[C@@H]1C(=O)N2C(c3nnn[n-]3)=C(C[N+]34CCCC3(CNC(=O)c3ccc(O)c(O)c3Cl)CCC4)CS[C@H]12)c1cnc(N)s1)C(=O)[O-]. The number of hydrogen-bond donors (Lipinski definition) is 5. The Morgan fingerprint density at radius 3 is 2.65 bits per heavy atom. The number of fused-ring (bicyclic) bond motifs is 2. The fourth-order valence-corrected chi connectivity index (χ4v) is 10.0. The van der Waals surface area contributed by atoms with Crippen LogP contribution in [0.1, 0.15) is 60.6 Å². The van der Waals surface area contributed by atoms with E-state index >= 15 is 0 Å². The maximum atomic E-state index is 13.9. The van der Waals surface area contributed by atoms with E-state index in [1.807, 2.05) is 0 Å². The smallest absolute Gasteiger partial charge is 0.275 e. The number of quaternary nitrogens is 1. The molecule has 6 N–H and O–H groups in total. The van der Waals surface area contributed by atoms with Crippen molar-refractivity contribution in [3.05, 3.63) is 45.2 Å². The van der Waals surface area contributed by atoms with Crippen molar-refractivity contribution in [1.82, 2.24) is 41.1 Å². The number of nitrogen functional groups attached to an aromatic ring is 1. The van der Waals surface area contributed by atoms with Crippen molar-refractivity contribution in [2.75, 3.05) is 37.7 Å². The number of hydrogen-bond acceptors (Lipinski definition) is 16. The van der Waals surface area contributed by atoms with E-state index in [1.54, 1.807) is 0 Å². The topological polar surface area (TPSA) is 272 Å². The van der Waals surface area contributed by atoms with Crippen molar-refractivity contribution in [1.29, 1.82) is 0 Å². The first kappa shape index (κ1) is 37.3. The lowest BCUT2D eigenvalue weighted by molar-refractivity contribution is -0.946. The van der Waals surface area contributed by atoms with Gasteiger partial charge in [-0.25, -0.2) is 4.98 Å². The molecule has 2 atom stereocenters. The second-order valence-corrected chi connectivity index (χ2v) is 16.6. The summed E-state index contributed by atoms with van der Waals surface area (Å²) in [5.41, 5.74) is 4.69. The molecule has 3 saturated heterocycles. The van der Waals surface area contributed by atoms with Gasteiger partial charge in [-0.1, -0.05) is 28.1 Å². The van der Waals surface area contributed by atoms with Crippen molar-refractivity contribution >= 4 is 74.9 Å². The summed E-state index contributed by atoms with van der Waals surface area (Å²) in [6.07, 6.45) is 4.83.